The molecule has 5 nitrogen and oxygen atoms in total. The molecule has 1 aliphatic rings. The molecule has 2 unspecified atom stereocenters. The Kier molecular flexibility index (Phi) is 4.53. The van der Waals surface area contributed by atoms with Crippen molar-refractivity contribution < 1.29 is 9.90 Å². The molecule has 2 heterocycles. The smallest absolute Gasteiger partial charge is 0.239 e. The van der Waals surface area contributed by atoms with Crippen molar-refractivity contribution in [2.24, 2.45) is 5.92 Å². The number of anilines is 1. The monoisotopic (exact) mass is 279 g/mol. The van der Waals surface area contributed by atoms with Gasteiger partial charge < -0.3 is 10.4 Å². The van der Waals surface area contributed by atoms with E-state index in [4.69, 9.17) is 5.26 Å². The van der Waals surface area contributed by atoms with Crippen molar-refractivity contribution in [3.63, 3.8) is 0 Å². The van der Waals surface area contributed by atoms with E-state index >= 15 is 0 Å². The highest BCUT2D eigenvalue weighted by molar-refractivity contribution is 7.14. The Morgan fingerprint density at radius 2 is 2.53 bits per heavy atom. The third kappa shape index (κ3) is 3.53. The number of nitrogens with zero attached hydrogens (tertiary/aromatic N) is 2. The lowest BCUT2D eigenvalue weighted by Gasteiger charge is -2.33. The number of piperidine rings is 1. The number of aliphatic hydroxyl groups is 1. The summed E-state index contributed by atoms with van der Waals surface area (Å²) in [6.07, 6.45) is 0.537. The number of carbonyl (C=O) groups excluding carboxylic acids is 1. The fourth-order valence-electron chi connectivity index (χ4n) is 2.12. The molecule has 2 N–H and O–H groups in total. The summed E-state index contributed by atoms with van der Waals surface area (Å²) in [5, 5.41) is 23.8. The quantitative estimate of drug-likeness (QED) is 0.873. The van der Waals surface area contributed by atoms with Gasteiger partial charge in [-0.1, -0.05) is 6.92 Å². The van der Waals surface area contributed by atoms with Crippen LogP contribution in [0.3, 0.4) is 0 Å². The Balaban J connectivity index is 1.87. The van der Waals surface area contributed by atoms with E-state index < -0.39 is 0 Å². The number of aliphatic hydroxyl groups excluding tert-OH is 1. The molecule has 6 heteroatoms. The number of hydrogen-bond donors (Lipinski definition) is 2. The largest absolute Gasteiger partial charge is 0.392 e. The third-order valence-corrected chi connectivity index (χ3v) is 4.24. The van der Waals surface area contributed by atoms with E-state index in [1.165, 1.54) is 11.3 Å². The predicted octanol–water partition coefficient (Wildman–Crippen LogP) is 1.26. The summed E-state index contributed by atoms with van der Waals surface area (Å²) >= 11 is 1.34. The van der Waals surface area contributed by atoms with Crippen LogP contribution in [0.25, 0.3) is 0 Å². The summed E-state index contributed by atoms with van der Waals surface area (Å²) in [4.78, 5) is 13.8. The maximum absolute atomic E-state index is 11.9. The van der Waals surface area contributed by atoms with Gasteiger partial charge in [-0.15, -0.1) is 11.3 Å². The minimum Gasteiger partial charge on any atom is -0.392 e. The summed E-state index contributed by atoms with van der Waals surface area (Å²) < 4.78 is 0. The number of nitriles is 1. The first kappa shape index (κ1) is 14.0. The lowest BCUT2D eigenvalue weighted by molar-refractivity contribution is -0.118. The highest BCUT2D eigenvalue weighted by Gasteiger charge is 2.25. The van der Waals surface area contributed by atoms with Gasteiger partial charge in [0.2, 0.25) is 5.91 Å². The summed E-state index contributed by atoms with van der Waals surface area (Å²) in [7, 11) is 0. The first-order valence-electron chi connectivity index (χ1n) is 6.28. The molecule has 1 fully saturated rings. The normalized spacial score (nSPS) is 23.8. The molecule has 1 aromatic heterocycles. The van der Waals surface area contributed by atoms with Gasteiger partial charge in [0.1, 0.15) is 11.1 Å². The van der Waals surface area contributed by atoms with Crippen LogP contribution >= 0.6 is 11.3 Å². The van der Waals surface area contributed by atoms with E-state index in [0.29, 0.717) is 23.0 Å². The molecule has 19 heavy (non-hydrogen) atoms. The van der Waals surface area contributed by atoms with Crippen LogP contribution in [0.1, 0.15) is 18.9 Å². The molecular formula is C13H17N3O2S. The fraction of sp³-hybridized carbons (Fsp3) is 0.538. The summed E-state index contributed by atoms with van der Waals surface area (Å²) in [5.41, 5.74) is 0.491. The number of nitrogens with one attached hydrogen (secondary N) is 1. The second-order valence-corrected chi connectivity index (χ2v) is 5.81. The molecule has 0 spiro atoms. The maximum Gasteiger partial charge on any atom is 0.239 e. The molecule has 0 aliphatic carbocycles. The van der Waals surface area contributed by atoms with Crippen molar-refractivity contribution in [2.45, 2.75) is 19.4 Å². The number of thiophene rings is 1. The molecule has 1 amide bonds. The second-order valence-electron chi connectivity index (χ2n) is 4.89. The second kappa shape index (κ2) is 6.15. The average molecular weight is 279 g/mol. The van der Waals surface area contributed by atoms with Crippen LogP contribution in [0.4, 0.5) is 5.00 Å². The van der Waals surface area contributed by atoms with Gasteiger partial charge in [-0.3, -0.25) is 9.69 Å². The van der Waals surface area contributed by atoms with Gasteiger partial charge in [-0.05, 0) is 30.3 Å². The van der Waals surface area contributed by atoms with E-state index in [0.717, 1.165) is 13.0 Å². The zero-order valence-electron chi connectivity index (χ0n) is 10.8. The Bertz CT molecular complexity index is 494. The molecule has 0 radical (unpaired) electrons. The van der Waals surface area contributed by atoms with E-state index in [2.05, 4.69) is 5.32 Å². The Hall–Kier alpha value is -1.42. The van der Waals surface area contributed by atoms with Crippen molar-refractivity contribution in [1.82, 2.24) is 4.90 Å². The highest BCUT2D eigenvalue weighted by atomic mass is 32.1. The van der Waals surface area contributed by atoms with Crippen LogP contribution in [0.15, 0.2) is 11.4 Å². The van der Waals surface area contributed by atoms with Gasteiger partial charge in [0.25, 0.3) is 0 Å². The lowest BCUT2D eigenvalue weighted by atomic mass is 9.96. The third-order valence-electron chi connectivity index (χ3n) is 3.41. The predicted molar refractivity (Wildman–Crippen MR) is 73.9 cm³/mol. The molecule has 1 saturated heterocycles. The van der Waals surface area contributed by atoms with Gasteiger partial charge in [0.15, 0.2) is 0 Å². The number of amides is 1. The molecule has 0 aromatic carbocycles. The molecule has 2 rings (SSSR count). The minimum atomic E-state index is -0.363. The Morgan fingerprint density at radius 1 is 1.74 bits per heavy atom. The number of β-amino-alcohol motifs (C(OH)–C–C–N with tert-alkyl or cyclic N) is 1. The Labute approximate surface area is 116 Å². The van der Waals surface area contributed by atoms with Gasteiger partial charge >= 0.3 is 0 Å². The zero-order valence-corrected chi connectivity index (χ0v) is 11.6. The number of likely N-dealkylation sites (tertiary alicyclic amines) is 1. The summed E-state index contributed by atoms with van der Waals surface area (Å²) in [5.74, 6) is 0.155. The van der Waals surface area contributed by atoms with Gasteiger partial charge in [-0.25, -0.2) is 0 Å². The molecular weight excluding hydrogens is 262 g/mol. The minimum absolute atomic E-state index is 0.138. The van der Waals surface area contributed by atoms with Gasteiger partial charge in [0, 0.05) is 6.54 Å². The van der Waals surface area contributed by atoms with Crippen molar-refractivity contribution in [3.8, 4) is 6.07 Å². The molecule has 0 bridgehead atoms. The first-order valence-corrected chi connectivity index (χ1v) is 7.16. The average Bonchev–Trinajstić information content (AvgIpc) is 2.81. The topological polar surface area (TPSA) is 76.4 Å². The van der Waals surface area contributed by atoms with Crippen molar-refractivity contribution in [1.29, 1.82) is 5.26 Å². The van der Waals surface area contributed by atoms with E-state index in [-0.39, 0.29) is 18.6 Å². The van der Waals surface area contributed by atoms with Gasteiger partial charge in [-0.2, -0.15) is 5.26 Å². The van der Waals surface area contributed by atoms with Crippen LogP contribution in [0.2, 0.25) is 0 Å². The van der Waals surface area contributed by atoms with Gasteiger partial charge in [0.05, 0.1) is 18.2 Å². The maximum atomic E-state index is 11.9. The lowest BCUT2D eigenvalue weighted by Crippen LogP contribution is -2.45. The van der Waals surface area contributed by atoms with Crippen LogP contribution in [-0.2, 0) is 4.79 Å². The molecule has 0 saturated carbocycles. The Morgan fingerprint density at radius 3 is 3.21 bits per heavy atom. The van der Waals surface area contributed by atoms with E-state index in [1.54, 1.807) is 11.4 Å². The summed E-state index contributed by atoms with van der Waals surface area (Å²) in [6, 6.07) is 3.73. The van der Waals surface area contributed by atoms with Crippen LogP contribution in [0.5, 0.6) is 0 Å². The van der Waals surface area contributed by atoms with Crippen LogP contribution in [0, 0.1) is 17.2 Å². The van der Waals surface area contributed by atoms with Crippen molar-refractivity contribution in [2.75, 3.05) is 25.0 Å². The van der Waals surface area contributed by atoms with E-state index in [9.17, 15) is 9.90 Å². The molecule has 1 aliphatic heterocycles. The fourth-order valence-corrected chi connectivity index (χ4v) is 2.87. The highest BCUT2D eigenvalue weighted by Crippen LogP contribution is 2.22. The van der Waals surface area contributed by atoms with Crippen LogP contribution in [-0.4, -0.2) is 41.7 Å². The van der Waals surface area contributed by atoms with Crippen molar-refractivity contribution in [3.05, 3.63) is 17.0 Å². The van der Waals surface area contributed by atoms with E-state index in [1.807, 2.05) is 17.9 Å². The standard InChI is InChI=1S/C13H17N3O2S/c1-9-2-4-16(7-11(9)17)8-12(18)15-13-10(6-14)3-5-19-13/h3,5,9,11,17H,2,4,7-8H2,1H3,(H,15,18). The first-order chi connectivity index (χ1) is 9.10. The summed E-state index contributed by atoms with van der Waals surface area (Å²) in [6.45, 7) is 3.63. The molecule has 1 aromatic rings. The van der Waals surface area contributed by atoms with Crippen LogP contribution < -0.4 is 5.32 Å². The number of carbonyl (C=O) groups is 1. The zero-order chi connectivity index (χ0) is 13.8. The number of hydrogen-bond acceptors (Lipinski definition) is 5. The molecule has 102 valence electrons. The van der Waals surface area contributed by atoms with Crippen molar-refractivity contribution >= 4 is 22.2 Å². The molecule has 2 atom stereocenters. The number of rotatable bonds is 3. The SMILES string of the molecule is CC1CCN(CC(=O)Nc2sccc2C#N)CC1O.